The van der Waals surface area contributed by atoms with Gasteiger partial charge in [-0.25, -0.2) is 4.68 Å². The number of aromatic nitrogens is 2. The van der Waals surface area contributed by atoms with E-state index in [4.69, 9.17) is 9.68 Å². The number of rotatable bonds is 1. The smallest absolute Gasteiger partial charge is 0.220 e. The summed E-state index contributed by atoms with van der Waals surface area (Å²) in [6.45, 7) is 0. The molecule has 0 unspecified atom stereocenters. The Morgan fingerprint density at radius 3 is 3.00 bits per heavy atom. The van der Waals surface area contributed by atoms with Crippen molar-refractivity contribution < 1.29 is 4.42 Å². The second-order valence-corrected chi connectivity index (χ2v) is 3.39. The van der Waals surface area contributed by atoms with Crippen molar-refractivity contribution in [3.63, 3.8) is 0 Å². The molecule has 0 N–H and O–H groups in total. The van der Waals surface area contributed by atoms with Crippen LogP contribution < -0.4 is 0 Å². The SMILES string of the molecule is N#Cc1ccc2c(cnn2-c2ccco2)c1. The van der Waals surface area contributed by atoms with Gasteiger partial charge < -0.3 is 4.42 Å². The van der Waals surface area contributed by atoms with Crippen LogP contribution >= 0.6 is 0 Å². The third-order valence-electron chi connectivity index (χ3n) is 2.41. The molecule has 0 aliphatic carbocycles. The van der Waals surface area contributed by atoms with E-state index in [1.165, 1.54) is 0 Å². The van der Waals surface area contributed by atoms with Gasteiger partial charge in [0, 0.05) is 11.5 Å². The molecule has 2 aromatic heterocycles. The van der Waals surface area contributed by atoms with E-state index in [0.29, 0.717) is 11.4 Å². The molecule has 0 bridgehead atoms. The van der Waals surface area contributed by atoms with Gasteiger partial charge >= 0.3 is 0 Å². The first-order valence-electron chi connectivity index (χ1n) is 4.80. The molecule has 0 radical (unpaired) electrons. The third kappa shape index (κ3) is 1.19. The Morgan fingerprint density at radius 1 is 1.31 bits per heavy atom. The lowest BCUT2D eigenvalue weighted by Gasteiger charge is -1.97. The van der Waals surface area contributed by atoms with E-state index in [9.17, 15) is 0 Å². The quantitative estimate of drug-likeness (QED) is 0.618. The standard InChI is InChI=1S/C12H7N3O/c13-7-9-3-4-11-10(6-9)8-14-15(11)12-2-1-5-16-12/h1-6,8H. The van der Waals surface area contributed by atoms with Gasteiger partial charge in [-0.1, -0.05) is 0 Å². The predicted molar refractivity (Wildman–Crippen MR) is 58.1 cm³/mol. The van der Waals surface area contributed by atoms with E-state index in [0.717, 1.165) is 10.9 Å². The molecule has 0 saturated heterocycles. The number of furan rings is 1. The highest BCUT2D eigenvalue weighted by Crippen LogP contribution is 2.19. The van der Waals surface area contributed by atoms with Crippen LogP contribution in [0.15, 0.2) is 47.2 Å². The maximum absolute atomic E-state index is 8.79. The normalized spacial score (nSPS) is 10.4. The van der Waals surface area contributed by atoms with Crippen LogP contribution in [0.3, 0.4) is 0 Å². The van der Waals surface area contributed by atoms with E-state index >= 15 is 0 Å². The molecule has 3 aromatic rings. The minimum Gasteiger partial charge on any atom is -0.447 e. The molecule has 0 fully saturated rings. The summed E-state index contributed by atoms with van der Waals surface area (Å²) in [5.41, 5.74) is 1.56. The van der Waals surface area contributed by atoms with Gasteiger partial charge in [-0.2, -0.15) is 10.4 Å². The third-order valence-corrected chi connectivity index (χ3v) is 2.41. The topological polar surface area (TPSA) is 54.8 Å². The van der Waals surface area contributed by atoms with E-state index in [-0.39, 0.29) is 0 Å². The number of nitriles is 1. The lowest BCUT2D eigenvalue weighted by Crippen LogP contribution is -1.92. The van der Waals surface area contributed by atoms with E-state index in [2.05, 4.69) is 11.2 Å². The molecule has 0 spiro atoms. The first-order valence-corrected chi connectivity index (χ1v) is 4.80. The summed E-state index contributed by atoms with van der Waals surface area (Å²) in [4.78, 5) is 0. The van der Waals surface area contributed by atoms with E-state index in [1.807, 2.05) is 24.3 Å². The van der Waals surface area contributed by atoms with E-state index < -0.39 is 0 Å². The summed E-state index contributed by atoms with van der Waals surface area (Å²) in [6, 6.07) is 11.2. The Kier molecular flexibility index (Phi) is 1.77. The molecule has 76 valence electrons. The Labute approximate surface area is 91.3 Å². The molecule has 0 amide bonds. The number of hydrogen-bond donors (Lipinski definition) is 0. The zero-order valence-electron chi connectivity index (χ0n) is 8.29. The van der Waals surface area contributed by atoms with Gasteiger partial charge in [0.1, 0.15) is 0 Å². The fourth-order valence-corrected chi connectivity index (χ4v) is 1.67. The van der Waals surface area contributed by atoms with Gasteiger partial charge in [0.2, 0.25) is 5.88 Å². The monoisotopic (exact) mass is 209 g/mol. The predicted octanol–water partition coefficient (Wildman–Crippen LogP) is 2.49. The summed E-state index contributed by atoms with van der Waals surface area (Å²) in [5, 5.41) is 13.9. The Hall–Kier alpha value is -2.54. The van der Waals surface area contributed by atoms with Crippen LogP contribution in [0.1, 0.15) is 5.56 Å². The highest BCUT2D eigenvalue weighted by atomic mass is 16.3. The molecule has 16 heavy (non-hydrogen) atoms. The Morgan fingerprint density at radius 2 is 2.25 bits per heavy atom. The minimum absolute atomic E-state index is 0.631. The molecule has 4 nitrogen and oxygen atoms in total. The van der Waals surface area contributed by atoms with Gasteiger partial charge in [0.05, 0.1) is 29.6 Å². The summed E-state index contributed by atoms with van der Waals surface area (Å²) < 4.78 is 6.98. The second-order valence-electron chi connectivity index (χ2n) is 3.39. The van der Waals surface area contributed by atoms with Gasteiger partial charge in [-0.3, -0.25) is 0 Å². The van der Waals surface area contributed by atoms with Crippen molar-refractivity contribution in [2.75, 3.05) is 0 Å². The zero-order chi connectivity index (χ0) is 11.0. The van der Waals surface area contributed by atoms with Crippen molar-refractivity contribution in [1.29, 1.82) is 5.26 Å². The van der Waals surface area contributed by atoms with Crippen LogP contribution in [0, 0.1) is 11.3 Å². The number of fused-ring (bicyclic) bond motifs is 1. The van der Waals surface area contributed by atoms with Crippen molar-refractivity contribution in [3.05, 3.63) is 48.4 Å². The molecular formula is C12H7N3O. The molecule has 4 heteroatoms. The van der Waals surface area contributed by atoms with Crippen molar-refractivity contribution in [2.45, 2.75) is 0 Å². The summed E-state index contributed by atoms with van der Waals surface area (Å²) in [7, 11) is 0. The molecule has 3 rings (SSSR count). The number of nitrogens with zero attached hydrogens (tertiary/aromatic N) is 3. The summed E-state index contributed by atoms with van der Waals surface area (Å²) in [5.74, 6) is 0.666. The Balaban J connectivity index is 2.26. The van der Waals surface area contributed by atoms with Gasteiger partial charge in [-0.15, -0.1) is 0 Å². The second kappa shape index (κ2) is 3.24. The summed E-state index contributed by atoms with van der Waals surface area (Å²) in [6.07, 6.45) is 3.32. The maximum Gasteiger partial charge on any atom is 0.220 e. The average Bonchev–Trinajstić information content (AvgIpc) is 2.96. The molecule has 1 aromatic carbocycles. The van der Waals surface area contributed by atoms with Crippen molar-refractivity contribution in [2.24, 2.45) is 0 Å². The molecule has 0 atom stereocenters. The minimum atomic E-state index is 0.631. The lowest BCUT2D eigenvalue weighted by atomic mass is 10.2. The maximum atomic E-state index is 8.79. The van der Waals surface area contributed by atoms with Crippen molar-refractivity contribution in [3.8, 4) is 12.0 Å². The number of benzene rings is 1. The summed E-state index contributed by atoms with van der Waals surface area (Å²) >= 11 is 0. The van der Waals surface area contributed by atoms with Gasteiger partial charge in [0.25, 0.3) is 0 Å². The number of hydrogen-bond acceptors (Lipinski definition) is 3. The Bertz CT molecular complexity index is 674. The van der Waals surface area contributed by atoms with Crippen LogP contribution in [0.5, 0.6) is 0 Å². The fraction of sp³-hybridized carbons (Fsp3) is 0. The largest absolute Gasteiger partial charge is 0.447 e. The molecule has 2 heterocycles. The van der Waals surface area contributed by atoms with Crippen LogP contribution in [-0.2, 0) is 0 Å². The van der Waals surface area contributed by atoms with Crippen LogP contribution in [0.2, 0.25) is 0 Å². The molecule has 0 aliphatic heterocycles. The van der Waals surface area contributed by atoms with Crippen LogP contribution in [0.25, 0.3) is 16.8 Å². The fourth-order valence-electron chi connectivity index (χ4n) is 1.67. The first kappa shape index (κ1) is 8.74. The van der Waals surface area contributed by atoms with Crippen LogP contribution in [0.4, 0.5) is 0 Å². The van der Waals surface area contributed by atoms with Gasteiger partial charge in [-0.05, 0) is 24.3 Å². The molecule has 0 saturated carbocycles. The first-order chi connectivity index (χ1) is 7.88. The molecule has 0 aliphatic rings. The van der Waals surface area contributed by atoms with Crippen molar-refractivity contribution >= 4 is 10.9 Å². The van der Waals surface area contributed by atoms with Crippen LogP contribution in [-0.4, -0.2) is 9.78 Å². The van der Waals surface area contributed by atoms with Gasteiger partial charge in [0.15, 0.2) is 0 Å². The highest BCUT2D eigenvalue weighted by molar-refractivity contribution is 5.81. The zero-order valence-corrected chi connectivity index (χ0v) is 8.29. The van der Waals surface area contributed by atoms with E-state index in [1.54, 1.807) is 23.2 Å². The van der Waals surface area contributed by atoms with Crippen molar-refractivity contribution in [1.82, 2.24) is 9.78 Å². The average molecular weight is 209 g/mol. The lowest BCUT2D eigenvalue weighted by molar-refractivity contribution is 0.527. The molecular weight excluding hydrogens is 202 g/mol. The highest BCUT2D eigenvalue weighted by Gasteiger charge is 2.06.